The predicted molar refractivity (Wildman–Crippen MR) is 105 cm³/mol. The summed E-state index contributed by atoms with van der Waals surface area (Å²) in [5, 5.41) is 14.5. The normalized spacial score (nSPS) is 16.2. The largest absolute Gasteiger partial charge is 0.497 e. The monoisotopic (exact) mass is 378 g/mol. The Kier molecular flexibility index (Phi) is 4.92. The molecule has 2 amide bonds. The van der Waals surface area contributed by atoms with Gasteiger partial charge in [-0.05, 0) is 72.2 Å². The van der Waals surface area contributed by atoms with Crippen LogP contribution in [0.4, 0.5) is 10.5 Å². The van der Waals surface area contributed by atoms with Gasteiger partial charge in [0.05, 0.1) is 18.8 Å². The van der Waals surface area contributed by atoms with E-state index in [2.05, 4.69) is 20.8 Å². The van der Waals surface area contributed by atoms with Crippen LogP contribution in [0.25, 0.3) is 5.69 Å². The summed E-state index contributed by atoms with van der Waals surface area (Å²) in [7, 11) is 1.65. The number of aryl methyl sites for hydroxylation is 1. The molecule has 1 fully saturated rings. The van der Waals surface area contributed by atoms with Gasteiger partial charge in [-0.25, -0.2) is 4.79 Å². The van der Waals surface area contributed by atoms with E-state index in [1.807, 2.05) is 60.4 Å². The molecule has 0 radical (unpaired) electrons. The summed E-state index contributed by atoms with van der Waals surface area (Å²) in [4.78, 5) is 14.7. The van der Waals surface area contributed by atoms with Gasteiger partial charge in [0.15, 0.2) is 5.82 Å². The first-order valence-electron chi connectivity index (χ1n) is 9.23. The summed E-state index contributed by atoms with van der Waals surface area (Å²) in [5.41, 5.74) is 2.67. The Bertz CT molecular complexity index is 969. The van der Waals surface area contributed by atoms with Crippen LogP contribution in [0, 0.1) is 6.92 Å². The zero-order valence-corrected chi connectivity index (χ0v) is 15.9. The number of methoxy groups -OCH3 is 1. The standard InChI is InChI=1S/C20H22N6O2/c1-14-22-23-24-26(14)17-10-8-16(9-11-17)21-20(27)25-12-4-7-19(25)15-5-3-6-18(13-15)28-2/h3,5-6,8-11,13,19H,4,7,12H2,1-2H3,(H,21,27)/t19-/m0/s1. The van der Waals surface area contributed by atoms with E-state index in [-0.39, 0.29) is 12.1 Å². The minimum absolute atomic E-state index is 0.0539. The highest BCUT2D eigenvalue weighted by molar-refractivity contribution is 5.90. The second-order valence-corrected chi connectivity index (χ2v) is 6.74. The number of carbonyl (C=O) groups excluding carboxylic acids is 1. The predicted octanol–water partition coefficient (Wildman–Crippen LogP) is 3.35. The number of rotatable bonds is 4. The van der Waals surface area contributed by atoms with E-state index >= 15 is 0 Å². The minimum atomic E-state index is -0.100. The summed E-state index contributed by atoms with van der Waals surface area (Å²) in [6.07, 6.45) is 1.92. The number of tetrazole rings is 1. The lowest BCUT2D eigenvalue weighted by molar-refractivity contribution is 0.207. The summed E-state index contributed by atoms with van der Waals surface area (Å²) in [6, 6.07) is 15.3. The molecular weight excluding hydrogens is 356 g/mol. The van der Waals surface area contributed by atoms with Crippen molar-refractivity contribution in [1.82, 2.24) is 25.1 Å². The first-order valence-corrected chi connectivity index (χ1v) is 9.23. The van der Waals surface area contributed by atoms with Crippen LogP contribution in [0.3, 0.4) is 0 Å². The van der Waals surface area contributed by atoms with Gasteiger partial charge in [0.1, 0.15) is 5.75 Å². The summed E-state index contributed by atoms with van der Waals surface area (Å²) >= 11 is 0. The van der Waals surface area contributed by atoms with Gasteiger partial charge in [0, 0.05) is 12.2 Å². The molecule has 1 atom stereocenters. The van der Waals surface area contributed by atoms with Crippen LogP contribution in [-0.2, 0) is 0 Å². The second kappa shape index (κ2) is 7.67. The lowest BCUT2D eigenvalue weighted by Gasteiger charge is -2.25. The van der Waals surface area contributed by atoms with Gasteiger partial charge >= 0.3 is 6.03 Å². The number of urea groups is 1. The van der Waals surface area contributed by atoms with Crippen molar-refractivity contribution in [3.8, 4) is 11.4 Å². The van der Waals surface area contributed by atoms with Gasteiger partial charge in [0.2, 0.25) is 0 Å². The molecule has 2 heterocycles. The van der Waals surface area contributed by atoms with Crippen LogP contribution in [0.1, 0.15) is 30.3 Å². The van der Waals surface area contributed by atoms with Crippen molar-refractivity contribution < 1.29 is 9.53 Å². The number of carbonyl (C=O) groups is 1. The lowest BCUT2D eigenvalue weighted by Crippen LogP contribution is -2.34. The number of aromatic nitrogens is 4. The highest BCUT2D eigenvalue weighted by Crippen LogP contribution is 2.33. The van der Waals surface area contributed by atoms with Gasteiger partial charge in [0.25, 0.3) is 0 Å². The number of hydrogen-bond acceptors (Lipinski definition) is 5. The van der Waals surface area contributed by atoms with Crippen molar-refractivity contribution in [1.29, 1.82) is 0 Å². The Morgan fingerprint density at radius 2 is 2.04 bits per heavy atom. The maximum atomic E-state index is 12.9. The maximum absolute atomic E-state index is 12.9. The molecule has 28 heavy (non-hydrogen) atoms. The average molecular weight is 378 g/mol. The smallest absolute Gasteiger partial charge is 0.322 e. The fraction of sp³-hybridized carbons (Fsp3) is 0.300. The van der Waals surface area contributed by atoms with Crippen LogP contribution in [0.15, 0.2) is 48.5 Å². The minimum Gasteiger partial charge on any atom is -0.497 e. The molecule has 8 nitrogen and oxygen atoms in total. The third-order valence-corrected chi connectivity index (χ3v) is 4.98. The molecule has 8 heteroatoms. The molecule has 0 bridgehead atoms. The van der Waals surface area contributed by atoms with E-state index in [0.29, 0.717) is 5.82 Å². The maximum Gasteiger partial charge on any atom is 0.322 e. The molecule has 1 aromatic heterocycles. The number of likely N-dealkylation sites (tertiary alicyclic amines) is 1. The fourth-order valence-corrected chi connectivity index (χ4v) is 3.56. The molecule has 144 valence electrons. The Balaban J connectivity index is 1.47. The third kappa shape index (κ3) is 3.53. The van der Waals surface area contributed by atoms with E-state index in [1.165, 1.54) is 0 Å². The van der Waals surface area contributed by atoms with Crippen LogP contribution in [0.5, 0.6) is 5.75 Å². The topological polar surface area (TPSA) is 85.2 Å². The number of ether oxygens (including phenoxy) is 1. The van der Waals surface area contributed by atoms with E-state index in [1.54, 1.807) is 11.8 Å². The van der Waals surface area contributed by atoms with Crippen molar-refractivity contribution in [3.05, 3.63) is 59.9 Å². The molecule has 0 unspecified atom stereocenters. The molecule has 3 aromatic rings. The van der Waals surface area contributed by atoms with Gasteiger partial charge in [-0.2, -0.15) is 4.68 Å². The Hall–Kier alpha value is -3.42. The SMILES string of the molecule is COc1cccc([C@@H]2CCCN2C(=O)Nc2ccc(-n3nnnc3C)cc2)c1. The summed E-state index contributed by atoms with van der Waals surface area (Å²) in [6.45, 7) is 2.57. The quantitative estimate of drug-likeness (QED) is 0.752. The number of benzene rings is 2. The number of anilines is 1. The molecule has 0 spiro atoms. The van der Waals surface area contributed by atoms with Crippen molar-refractivity contribution in [3.63, 3.8) is 0 Å². The zero-order chi connectivity index (χ0) is 19.5. The van der Waals surface area contributed by atoms with Gasteiger partial charge in [-0.1, -0.05) is 12.1 Å². The van der Waals surface area contributed by atoms with E-state index in [9.17, 15) is 4.79 Å². The van der Waals surface area contributed by atoms with Crippen LogP contribution < -0.4 is 10.1 Å². The highest BCUT2D eigenvalue weighted by atomic mass is 16.5. The van der Waals surface area contributed by atoms with E-state index < -0.39 is 0 Å². The number of nitrogens with one attached hydrogen (secondary N) is 1. The van der Waals surface area contributed by atoms with Gasteiger partial charge in [-0.3, -0.25) is 0 Å². The number of nitrogens with zero attached hydrogens (tertiary/aromatic N) is 5. The second-order valence-electron chi connectivity index (χ2n) is 6.74. The molecule has 0 saturated carbocycles. The highest BCUT2D eigenvalue weighted by Gasteiger charge is 2.30. The summed E-state index contributed by atoms with van der Waals surface area (Å²) in [5.74, 6) is 1.51. The molecule has 1 saturated heterocycles. The number of hydrogen-bond donors (Lipinski definition) is 1. The molecule has 1 aliphatic rings. The van der Waals surface area contributed by atoms with Crippen molar-refractivity contribution >= 4 is 11.7 Å². The van der Waals surface area contributed by atoms with Crippen molar-refractivity contribution in [2.24, 2.45) is 0 Å². The van der Waals surface area contributed by atoms with Crippen molar-refractivity contribution in [2.45, 2.75) is 25.8 Å². The Morgan fingerprint density at radius 1 is 1.21 bits per heavy atom. The molecule has 2 aromatic carbocycles. The molecule has 0 aliphatic carbocycles. The van der Waals surface area contributed by atoms with Crippen LogP contribution in [0.2, 0.25) is 0 Å². The number of amides is 2. The zero-order valence-electron chi connectivity index (χ0n) is 15.9. The summed E-state index contributed by atoms with van der Waals surface area (Å²) < 4.78 is 6.96. The van der Waals surface area contributed by atoms with Crippen LogP contribution >= 0.6 is 0 Å². The van der Waals surface area contributed by atoms with Crippen molar-refractivity contribution in [2.75, 3.05) is 19.0 Å². The first-order chi connectivity index (χ1) is 13.7. The average Bonchev–Trinajstić information content (AvgIpc) is 3.38. The van der Waals surface area contributed by atoms with E-state index in [0.717, 1.165) is 42.1 Å². The fourth-order valence-electron chi connectivity index (χ4n) is 3.56. The Labute approximate surface area is 163 Å². The van der Waals surface area contributed by atoms with Gasteiger partial charge < -0.3 is 15.0 Å². The van der Waals surface area contributed by atoms with E-state index in [4.69, 9.17) is 4.74 Å². The molecule has 1 N–H and O–H groups in total. The third-order valence-electron chi connectivity index (χ3n) is 4.98. The van der Waals surface area contributed by atoms with Crippen LogP contribution in [-0.4, -0.2) is 44.8 Å². The molecule has 4 rings (SSSR count). The van der Waals surface area contributed by atoms with Gasteiger partial charge in [-0.15, -0.1) is 5.10 Å². The molecular formula is C20H22N6O2. The molecule has 1 aliphatic heterocycles. The first kappa shape index (κ1) is 18.0. The Morgan fingerprint density at radius 3 is 2.75 bits per heavy atom. The lowest BCUT2D eigenvalue weighted by atomic mass is 10.0.